The number of halogens is 1. The zero-order valence-electron chi connectivity index (χ0n) is 11.9. The second kappa shape index (κ2) is 6.76. The monoisotopic (exact) mass is 284 g/mol. The summed E-state index contributed by atoms with van der Waals surface area (Å²) in [7, 11) is 2.94. The average molecular weight is 284 g/mol. The van der Waals surface area contributed by atoms with E-state index in [0.717, 1.165) is 38.8 Å². The molecule has 20 heavy (non-hydrogen) atoms. The molecule has 0 spiro atoms. The molecule has 112 valence electrons. The molecule has 1 saturated heterocycles. The van der Waals surface area contributed by atoms with E-state index in [1.165, 1.54) is 14.2 Å². The third-order valence-corrected chi connectivity index (χ3v) is 3.58. The molecule has 5 nitrogen and oxygen atoms in total. The van der Waals surface area contributed by atoms with Gasteiger partial charge >= 0.3 is 0 Å². The van der Waals surface area contributed by atoms with Gasteiger partial charge in [-0.15, -0.1) is 0 Å². The molecular formula is C14H21FN2O3. The molecule has 0 aliphatic carbocycles. The number of aromatic hydroxyl groups is 1. The fourth-order valence-corrected chi connectivity index (χ4v) is 2.46. The van der Waals surface area contributed by atoms with E-state index in [1.807, 2.05) is 0 Å². The van der Waals surface area contributed by atoms with Crippen LogP contribution in [0.15, 0.2) is 6.07 Å². The lowest BCUT2D eigenvalue weighted by atomic mass is 10.1. The topological polar surface area (TPSA) is 54.0 Å². The van der Waals surface area contributed by atoms with Gasteiger partial charge in [-0.25, -0.2) is 4.39 Å². The molecule has 0 radical (unpaired) electrons. The molecule has 0 atom stereocenters. The first-order valence-corrected chi connectivity index (χ1v) is 6.72. The molecule has 6 heteroatoms. The van der Waals surface area contributed by atoms with E-state index in [0.29, 0.717) is 23.5 Å². The number of methoxy groups -OCH3 is 2. The summed E-state index contributed by atoms with van der Waals surface area (Å²) in [6.45, 7) is 4.56. The molecule has 0 aromatic heterocycles. The number of nitrogens with zero attached hydrogens (tertiary/aromatic N) is 1. The van der Waals surface area contributed by atoms with Crippen molar-refractivity contribution in [2.75, 3.05) is 46.9 Å². The van der Waals surface area contributed by atoms with Gasteiger partial charge in [0.2, 0.25) is 0 Å². The molecule has 2 N–H and O–H groups in total. The second-order valence-electron chi connectivity index (χ2n) is 4.76. The standard InChI is InChI=1S/C14H21FN2O3/c1-19-12-9-11(15)13(18)10(14(12)20-2)3-6-17-7-4-16-5-8-17/h9,16,18H,3-8H2,1-2H3. The highest BCUT2D eigenvalue weighted by Gasteiger charge is 2.20. The molecule has 1 aliphatic heterocycles. The maximum Gasteiger partial charge on any atom is 0.169 e. The van der Waals surface area contributed by atoms with Crippen molar-refractivity contribution in [3.05, 3.63) is 17.4 Å². The summed E-state index contributed by atoms with van der Waals surface area (Å²) < 4.78 is 24.1. The van der Waals surface area contributed by atoms with Crippen LogP contribution in [0.25, 0.3) is 0 Å². The van der Waals surface area contributed by atoms with Crippen LogP contribution in [-0.4, -0.2) is 56.9 Å². The summed E-state index contributed by atoms with van der Waals surface area (Å²) in [6, 6.07) is 1.14. The third-order valence-electron chi connectivity index (χ3n) is 3.58. The average Bonchev–Trinajstić information content (AvgIpc) is 2.49. The van der Waals surface area contributed by atoms with Crippen molar-refractivity contribution in [1.82, 2.24) is 10.2 Å². The maximum absolute atomic E-state index is 13.7. The zero-order chi connectivity index (χ0) is 14.5. The Hall–Kier alpha value is -1.53. The van der Waals surface area contributed by atoms with E-state index in [1.54, 1.807) is 0 Å². The molecule has 1 heterocycles. The van der Waals surface area contributed by atoms with Crippen LogP contribution in [0.3, 0.4) is 0 Å². The van der Waals surface area contributed by atoms with Gasteiger partial charge < -0.3 is 24.8 Å². The molecule has 0 saturated carbocycles. The van der Waals surface area contributed by atoms with Crippen LogP contribution in [0.1, 0.15) is 5.56 Å². The van der Waals surface area contributed by atoms with E-state index in [9.17, 15) is 9.50 Å². The number of ether oxygens (including phenoxy) is 2. The fourth-order valence-electron chi connectivity index (χ4n) is 2.46. The van der Waals surface area contributed by atoms with Gasteiger partial charge in [-0.2, -0.15) is 0 Å². The first-order valence-electron chi connectivity index (χ1n) is 6.72. The molecule has 1 aromatic carbocycles. The summed E-state index contributed by atoms with van der Waals surface area (Å²) in [5, 5.41) is 13.2. The molecule has 0 unspecified atom stereocenters. The summed E-state index contributed by atoms with van der Waals surface area (Å²) in [5.74, 6) is -0.324. The van der Waals surface area contributed by atoms with Crippen molar-refractivity contribution in [3.63, 3.8) is 0 Å². The predicted molar refractivity (Wildman–Crippen MR) is 74.2 cm³/mol. The summed E-state index contributed by atoms with van der Waals surface area (Å²) >= 11 is 0. The second-order valence-corrected chi connectivity index (χ2v) is 4.76. The van der Waals surface area contributed by atoms with Crippen LogP contribution in [0, 0.1) is 5.82 Å². The SMILES string of the molecule is COc1cc(F)c(O)c(CCN2CCNCC2)c1OC. The van der Waals surface area contributed by atoms with Crippen LogP contribution >= 0.6 is 0 Å². The minimum absolute atomic E-state index is 0.304. The molecular weight excluding hydrogens is 263 g/mol. The quantitative estimate of drug-likeness (QED) is 0.845. The van der Waals surface area contributed by atoms with Crippen molar-refractivity contribution in [1.29, 1.82) is 0 Å². The van der Waals surface area contributed by atoms with Crippen LogP contribution in [0.5, 0.6) is 17.2 Å². The van der Waals surface area contributed by atoms with Gasteiger partial charge in [-0.05, 0) is 6.42 Å². The highest BCUT2D eigenvalue weighted by molar-refractivity contribution is 5.54. The summed E-state index contributed by atoms with van der Waals surface area (Å²) in [6.07, 6.45) is 0.517. The van der Waals surface area contributed by atoms with Crippen molar-refractivity contribution >= 4 is 0 Å². The third kappa shape index (κ3) is 3.13. The molecule has 1 aromatic rings. The fraction of sp³-hybridized carbons (Fsp3) is 0.571. The lowest BCUT2D eigenvalue weighted by molar-refractivity contribution is 0.241. The number of nitrogens with one attached hydrogen (secondary N) is 1. The van der Waals surface area contributed by atoms with Gasteiger partial charge in [-0.1, -0.05) is 0 Å². The Morgan fingerprint density at radius 3 is 2.60 bits per heavy atom. The highest BCUT2D eigenvalue weighted by Crippen LogP contribution is 2.39. The number of hydrogen-bond donors (Lipinski definition) is 2. The van der Waals surface area contributed by atoms with E-state index >= 15 is 0 Å². The molecule has 1 fully saturated rings. The van der Waals surface area contributed by atoms with Gasteiger partial charge in [0.1, 0.15) is 0 Å². The van der Waals surface area contributed by atoms with Gasteiger partial charge in [0.15, 0.2) is 23.1 Å². The molecule has 0 amide bonds. The molecule has 2 rings (SSSR count). The normalized spacial score (nSPS) is 16.1. The Labute approximate surface area is 118 Å². The van der Waals surface area contributed by atoms with Crippen LogP contribution in [-0.2, 0) is 6.42 Å². The Morgan fingerprint density at radius 1 is 1.30 bits per heavy atom. The number of hydrogen-bond acceptors (Lipinski definition) is 5. The minimum Gasteiger partial charge on any atom is -0.505 e. The predicted octanol–water partition coefficient (Wildman–Crippen LogP) is 0.996. The first-order chi connectivity index (χ1) is 9.67. The lowest BCUT2D eigenvalue weighted by Gasteiger charge is -2.27. The number of phenolic OH excluding ortho intramolecular Hbond substituents is 1. The lowest BCUT2D eigenvalue weighted by Crippen LogP contribution is -2.44. The number of piperazine rings is 1. The van der Waals surface area contributed by atoms with Crippen LogP contribution in [0.4, 0.5) is 4.39 Å². The van der Waals surface area contributed by atoms with Crippen molar-refractivity contribution in [3.8, 4) is 17.2 Å². The Balaban J connectivity index is 2.18. The zero-order valence-corrected chi connectivity index (χ0v) is 11.9. The van der Waals surface area contributed by atoms with E-state index in [2.05, 4.69) is 10.2 Å². The van der Waals surface area contributed by atoms with E-state index in [-0.39, 0.29) is 5.75 Å². The number of phenols is 1. The van der Waals surface area contributed by atoms with Crippen LogP contribution in [0.2, 0.25) is 0 Å². The highest BCUT2D eigenvalue weighted by atomic mass is 19.1. The molecule has 1 aliphatic rings. The Morgan fingerprint density at radius 2 is 2.00 bits per heavy atom. The van der Waals surface area contributed by atoms with Crippen LogP contribution < -0.4 is 14.8 Å². The van der Waals surface area contributed by atoms with Crippen molar-refractivity contribution in [2.45, 2.75) is 6.42 Å². The number of rotatable bonds is 5. The molecule has 0 bridgehead atoms. The van der Waals surface area contributed by atoms with Crippen molar-refractivity contribution in [2.24, 2.45) is 0 Å². The van der Waals surface area contributed by atoms with Gasteiger partial charge in [-0.3, -0.25) is 0 Å². The largest absolute Gasteiger partial charge is 0.505 e. The van der Waals surface area contributed by atoms with Gasteiger partial charge in [0, 0.05) is 44.4 Å². The first kappa shape index (κ1) is 14.9. The Bertz CT molecular complexity index is 462. The van der Waals surface area contributed by atoms with E-state index in [4.69, 9.17) is 9.47 Å². The van der Waals surface area contributed by atoms with Gasteiger partial charge in [0.05, 0.1) is 14.2 Å². The minimum atomic E-state index is -0.682. The summed E-state index contributed by atoms with van der Waals surface area (Å²) in [4.78, 5) is 2.27. The summed E-state index contributed by atoms with van der Waals surface area (Å²) in [5.41, 5.74) is 0.461. The van der Waals surface area contributed by atoms with E-state index < -0.39 is 5.82 Å². The van der Waals surface area contributed by atoms with Crippen molar-refractivity contribution < 1.29 is 19.0 Å². The smallest absolute Gasteiger partial charge is 0.169 e. The maximum atomic E-state index is 13.7. The van der Waals surface area contributed by atoms with Gasteiger partial charge in [0.25, 0.3) is 0 Å². The Kier molecular flexibility index (Phi) is 5.03. The number of benzene rings is 1.